The van der Waals surface area contributed by atoms with Crippen molar-refractivity contribution in [2.75, 3.05) is 0 Å². The smallest absolute Gasteiger partial charge is 0.111 e. The van der Waals surface area contributed by atoms with Gasteiger partial charge in [-0.2, -0.15) is 0 Å². The molecule has 2 saturated carbocycles. The van der Waals surface area contributed by atoms with Crippen molar-refractivity contribution in [2.24, 2.45) is 0 Å². The van der Waals surface area contributed by atoms with E-state index < -0.39 is 73.2 Å². The highest BCUT2D eigenvalue weighted by Crippen LogP contribution is 2.21. The molecule has 2 rings (SSSR count). The highest BCUT2D eigenvalue weighted by molar-refractivity contribution is 4.99. The van der Waals surface area contributed by atoms with E-state index in [1.807, 2.05) is 0 Å². The van der Waals surface area contributed by atoms with Gasteiger partial charge >= 0.3 is 0 Å². The zero-order valence-electron chi connectivity index (χ0n) is 13.4. The first-order valence-corrected chi connectivity index (χ1v) is 7.43. The Balaban J connectivity index is 0.000000439. The summed E-state index contributed by atoms with van der Waals surface area (Å²) in [6, 6.07) is 0. The summed E-state index contributed by atoms with van der Waals surface area (Å²) in [5.74, 6) is 0. The molecule has 0 aromatic rings. The third kappa shape index (κ3) is 5.08. The van der Waals surface area contributed by atoms with E-state index in [4.69, 9.17) is 61.3 Å². The molecule has 0 amide bonds. The summed E-state index contributed by atoms with van der Waals surface area (Å²) in [5.41, 5.74) is 0. The van der Waals surface area contributed by atoms with Crippen molar-refractivity contribution >= 4 is 0 Å². The maximum atomic E-state index is 8.97. The van der Waals surface area contributed by atoms with Crippen LogP contribution in [0.1, 0.15) is 0 Å². The predicted octanol–water partition coefficient (Wildman–Crippen LogP) is -7.42. The normalized spacial score (nSPS) is 51.3. The molecule has 2 aliphatic rings. The fraction of sp³-hybridized carbons (Fsp3) is 0.857. The quantitative estimate of drug-likeness (QED) is 0.174. The summed E-state index contributed by atoms with van der Waals surface area (Å²) in [4.78, 5) is 0. The van der Waals surface area contributed by atoms with E-state index >= 15 is 0 Å². The van der Waals surface area contributed by atoms with E-state index in [1.54, 1.807) is 0 Å². The minimum atomic E-state index is -1.64. The van der Waals surface area contributed by atoms with Gasteiger partial charge in [0, 0.05) is 0 Å². The molecule has 0 atom stereocenters. The third-order valence-corrected chi connectivity index (χ3v) is 4.20. The van der Waals surface area contributed by atoms with Gasteiger partial charge in [-0.1, -0.05) is 0 Å². The van der Waals surface area contributed by atoms with E-state index in [2.05, 4.69) is 12.8 Å². The van der Waals surface area contributed by atoms with Crippen molar-refractivity contribution in [3.05, 3.63) is 0 Å². The molecule has 0 aromatic heterocycles. The Morgan fingerprint density at radius 1 is 0.231 bits per heavy atom. The SMILES string of the molecule is C#C.OC1C(O)C(O)C(O)C(O)C1O.OC1C(O)C(O)C(O)C(O)C1O. The molecular weight excluding hydrogens is 360 g/mol. The fourth-order valence-corrected chi connectivity index (χ4v) is 2.42. The van der Waals surface area contributed by atoms with Crippen LogP contribution in [0.15, 0.2) is 0 Å². The Morgan fingerprint density at radius 3 is 0.308 bits per heavy atom. The van der Waals surface area contributed by atoms with E-state index in [-0.39, 0.29) is 0 Å². The van der Waals surface area contributed by atoms with Gasteiger partial charge in [0.15, 0.2) is 0 Å². The van der Waals surface area contributed by atoms with Gasteiger partial charge in [0.1, 0.15) is 73.2 Å². The molecular formula is C14H26O12. The van der Waals surface area contributed by atoms with Crippen LogP contribution in [0, 0.1) is 12.8 Å². The van der Waals surface area contributed by atoms with Gasteiger partial charge in [0.25, 0.3) is 0 Å². The van der Waals surface area contributed by atoms with Crippen LogP contribution < -0.4 is 0 Å². The van der Waals surface area contributed by atoms with Crippen LogP contribution in [-0.2, 0) is 0 Å². The van der Waals surface area contributed by atoms with Gasteiger partial charge in [-0.15, -0.1) is 12.8 Å². The number of aliphatic hydroxyl groups excluding tert-OH is 12. The van der Waals surface area contributed by atoms with Gasteiger partial charge in [0.2, 0.25) is 0 Å². The van der Waals surface area contributed by atoms with Crippen LogP contribution in [0.5, 0.6) is 0 Å². The molecule has 0 aromatic carbocycles. The lowest BCUT2D eigenvalue weighted by molar-refractivity contribution is -0.223. The van der Waals surface area contributed by atoms with Crippen molar-refractivity contribution < 1.29 is 61.3 Å². The highest BCUT2D eigenvalue weighted by Gasteiger charge is 2.48. The maximum Gasteiger partial charge on any atom is 0.111 e. The van der Waals surface area contributed by atoms with Gasteiger partial charge in [-0.05, 0) is 0 Å². The lowest BCUT2D eigenvalue weighted by Gasteiger charge is -2.39. The standard InChI is InChI=1S/2C6H12O6.C2H2/c2*7-1-2(8)4(10)6(12)5(11)3(1)9;1-2/h2*1-12H;1-2H. The molecule has 0 aliphatic heterocycles. The van der Waals surface area contributed by atoms with Gasteiger partial charge in [-0.25, -0.2) is 0 Å². The second kappa shape index (κ2) is 10.4. The topological polar surface area (TPSA) is 243 Å². The first-order valence-electron chi connectivity index (χ1n) is 7.43. The van der Waals surface area contributed by atoms with Crippen LogP contribution in [0.2, 0.25) is 0 Å². The van der Waals surface area contributed by atoms with Crippen molar-refractivity contribution in [3.63, 3.8) is 0 Å². The zero-order chi connectivity index (χ0) is 20.9. The molecule has 2 aliphatic carbocycles. The average molecular weight is 386 g/mol. The molecule has 12 N–H and O–H groups in total. The van der Waals surface area contributed by atoms with E-state index in [0.29, 0.717) is 0 Å². The number of rotatable bonds is 0. The molecule has 0 radical (unpaired) electrons. The largest absolute Gasteiger partial charge is 0.387 e. The van der Waals surface area contributed by atoms with Crippen molar-refractivity contribution in [1.82, 2.24) is 0 Å². The second-order valence-corrected chi connectivity index (χ2v) is 5.89. The lowest BCUT2D eigenvalue weighted by atomic mass is 9.85. The molecule has 2 fully saturated rings. The Kier molecular flexibility index (Phi) is 10.1. The van der Waals surface area contributed by atoms with Crippen LogP contribution in [0.25, 0.3) is 0 Å². The predicted molar refractivity (Wildman–Crippen MR) is 82.0 cm³/mol. The number of hydrogen-bond donors (Lipinski definition) is 12. The van der Waals surface area contributed by atoms with Crippen LogP contribution in [0.4, 0.5) is 0 Å². The maximum absolute atomic E-state index is 8.97. The Hall–Kier alpha value is -0.920. The fourth-order valence-electron chi connectivity index (χ4n) is 2.42. The van der Waals surface area contributed by atoms with Crippen molar-refractivity contribution in [2.45, 2.75) is 73.2 Å². The summed E-state index contributed by atoms with van der Waals surface area (Å²) in [7, 11) is 0. The van der Waals surface area contributed by atoms with Gasteiger partial charge < -0.3 is 61.3 Å². The molecule has 0 unspecified atom stereocenters. The Morgan fingerprint density at radius 2 is 0.269 bits per heavy atom. The van der Waals surface area contributed by atoms with Crippen LogP contribution in [-0.4, -0.2) is 135 Å². The molecule has 0 saturated heterocycles. The number of hydrogen-bond acceptors (Lipinski definition) is 12. The minimum Gasteiger partial charge on any atom is -0.387 e. The van der Waals surface area contributed by atoms with Gasteiger partial charge in [-0.3, -0.25) is 0 Å². The van der Waals surface area contributed by atoms with E-state index in [1.165, 1.54) is 0 Å². The minimum absolute atomic E-state index is 1.64. The molecule has 12 nitrogen and oxygen atoms in total. The molecule has 154 valence electrons. The molecule has 12 heteroatoms. The van der Waals surface area contributed by atoms with E-state index in [0.717, 1.165) is 0 Å². The number of terminal acetylenes is 1. The molecule has 26 heavy (non-hydrogen) atoms. The van der Waals surface area contributed by atoms with Crippen LogP contribution >= 0.6 is 0 Å². The average Bonchev–Trinajstić information content (AvgIpc) is 2.66. The summed E-state index contributed by atoms with van der Waals surface area (Å²) >= 11 is 0. The summed E-state index contributed by atoms with van der Waals surface area (Å²) < 4.78 is 0. The molecule has 0 heterocycles. The van der Waals surface area contributed by atoms with E-state index in [9.17, 15) is 0 Å². The second-order valence-electron chi connectivity index (χ2n) is 5.89. The first kappa shape index (κ1) is 25.1. The lowest BCUT2D eigenvalue weighted by Crippen LogP contribution is -2.63. The number of aliphatic hydroxyl groups is 12. The summed E-state index contributed by atoms with van der Waals surface area (Å²) in [6.07, 6.45) is -11.7. The van der Waals surface area contributed by atoms with Crippen molar-refractivity contribution in [3.8, 4) is 12.8 Å². The highest BCUT2D eigenvalue weighted by atomic mass is 16.4. The van der Waals surface area contributed by atoms with Gasteiger partial charge in [0.05, 0.1) is 0 Å². The first-order chi connectivity index (χ1) is 11.9. The zero-order valence-corrected chi connectivity index (χ0v) is 13.4. The summed E-state index contributed by atoms with van der Waals surface area (Å²) in [6.45, 7) is 0. The third-order valence-electron chi connectivity index (χ3n) is 4.20. The molecule has 0 spiro atoms. The van der Waals surface area contributed by atoms with Crippen LogP contribution in [0.3, 0.4) is 0 Å². The Bertz CT molecular complexity index is 280. The summed E-state index contributed by atoms with van der Waals surface area (Å²) in [5, 5.41) is 108. The Labute approximate surface area is 148 Å². The van der Waals surface area contributed by atoms with Crippen molar-refractivity contribution in [1.29, 1.82) is 0 Å². The molecule has 0 bridgehead atoms. The monoisotopic (exact) mass is 386 g/mol.